The number of halogens is 1. The first-order valence-corrected chi connectivity index (χ1v) is 10.6. The molecule has 27 heavy (non-hydrogen) atoms. The normalized spacial score (nSPS) is 18.6. The fourth-order valence-electron chi connectivity index (χ4n) is 3.70. The van der Waals surface area contributed by atoms with Crippen molar-refractivity contribution < 1.29 is 9.18 Å². The Bertz CT molecular complexity index is 787. The molecular weight excluding hydrogens is 363 g/mol. The van der Waals surface area contributed by atoms with Gasteiger partial charge in [0.2, 0.25) is 0 Å². The van der Waals surface area contributed by atoms with E-state index in [9.17, 15) is 9.18 Å². The highest BCUT2D eigenvalue weighted by molar-refractivity contribution is 7.99. The Morgan fingerprint density at radius 3 is 2.19 bits per heavy atom. The van der Waals surface area contributed by atoms with Gasteiger partial charge in [-0.2, -0.15) is 11.8 Å². The highest BCUT2D eigenvalue weighted by Crippen LogP contribution is 2.27. The van der Waals surface area contributed by atoms with E-state index in [1.165, 1.54) is 12.1 Å². The average molecular weight is 386 g/mol. The van der Waals surface area contributed by atoms with Crippen LogP contribution in [0.1, 0.15) is 23.2 Å². The maximum Gasteiger partial charge on any atom is 0.166 e. The molecule has 0 bridgehead atoms. The number of piperidine rings is 1. The highest BCUT2D eigenvalue weighted by Gasteiger charge is 2.27. The van der Waals surface area contributed by atoms with Gasteiger partial charge in [0, 0.05) is 55.2 Å². The van der Waals surface area contributed by atoms with Crippen molar-refractivity contribution in [1.29, 1.82) is 0 Å². The molecule has 2 saturated heterocycles. The summed E-state index contributed by atoms with van der Waals surface area (Å²) < 4.78 is 13.1. The lowest BCUT2D eigenvalue weighted by Crippen LogP contribution is -2.37. The standard InChI is InChI=1S/C20H23FN4OS/c21-17-3-1-15(2-4-17)20(26)16-5-7-24(8-6-16)18-13-19(23-14-22-18)25-9-11-27-12-10-25/h1-4,13-14,16H,5-12H2. The molecule has 2 fully saturated rings. The van der Waals surface area contributed by atoms with Crippen LogP contribution in [0.4, 0.5) is 16.0 Å². The number of carbonyl (C=O) groups is 1. The number of Topliss-reactive ketones (excluding diaryl/α,β-unsaturated/α-hetero) is 1. The Morgan fingerprint density at radius 1 is 0.963 bits per heavy atom. The van der Waals surface area contributed by atoms with Gasteiger partial charge in [-0.05, 0) is 37.1 Å². The van der Waals surface area contributed by atoms with Gasteiger partial charge < -0.3 is 9.80 Å². The van der Waals surface area contributed by atoms with Crippen LogP contribution in [0.3, 0.4) is 0 Å². The van der Waals surface area contributed by atoms with Crippen molar-refractivity contribution in [2.24, 2.45) is 5.92 Å². The smallest absolute Gasteiger partial charge is 0.166 e. The molecule has 3 heterocycles. The Hall–Kier alpha value is -2.15. The van der Waals surface area contributed by atoms with Crippen molar-refractivity contribution in [3.63, 3.8) is 0 Å². The summed E-state index contributed by atoms with van der Waals surface area (Å²) in [5.74, 6) is 3.99. The van der Waals surface area contributed by atoms with Crippen LogP contribution in [0.2, 0.25) is 0 Å². The van der Waals surface area contributed by atoms with Crippen LogP contribution in [0.5, 0.6) is 0 Å². The number of rotatable bonds is 4. The van der Waals surface area contributed by atoms with E-state index in [1.807, 2.05) is 11.8 Å². The second-order valence-electron chi connectivity index (χ2n) is 6.97. The van der Waals surface area contributed by atoms with Gasteiger partial charge in [0.1, 0.15) is 23.8 Å². The topological polar surface area (TPSA) is 49.3 Å². The molecule has 142 valence electrons. The molecule has 7 heteroatoms. The number of anilines is 2. The van der Waals surface area contributed by atoms with Crippen LogP contribution >= 0.6 is 11.8 Å². The number of aromatic nitrogens is 2. The zero-order valence-electron chi connectivity index (χ0n) is 15.2. The summed E-state index contributed by atoms with van der Waals surface area (Å²) in [5.41, 5.74) is 0.599. The average Bonchev–Trinajstić information content (AvgIpc) is 2.75. The summed E-state index contributed by atoms with van der Waals surface area (Å²) in [6, 6.07) is 7.93. The van der Waals surface area contributed by atoms with Gasteiger partial charge in [-0.25, -0.2) is 14.4 Å². The Balaban J connectivity index is 1.39. The summed E-state index contributed by atoms with van der Waals surface area (Å²) in [7, 11) is 0. The Labute approximate surface area is 163 Å². The lowest BCUT2D eigenvalue weighted by atomic mass is 9.89. The zero-order chi connectivity index (χ0) is 18.6. The van der Waals surface area contributed by atoms with E-state index in [0.717, 1.165) is 62.2 Å². The number of nitrogens with zero attached hydrogens (tertiary/aromatic N) is 4. The van der Waals surface area contributed by atoms with E-state index >= 15 is 0 Å². The van der Waals surface area contributed by atoms with E-state index < -0.39 is 0 Å². The fourth-order valence-corrected chi connectivity index (χ4v) is 4.60. The van der Waals surface area contributed by atoms with Gasteiger partial charge in [-0.15, -0.1) is 0 Å². The zero-order valence-corrected chi connectivity index (χ0v) is 16.0. The molecule has 2 aliphatic rings. The second-order valence-corrected chi connectivity index (χ2v) is 8.19. The molecular formula is C20H23FN4OS. The molecule has 0 N–H and O–H groups in total. The van der Waals surface area contributed by atoms with Gasteiger partial charge in [0.15, 0.2) is 5.78 Å². The van der Waals surface area contributed by atoms with Crippen molar-refractivity contribution >= 4 is 29.2 Å². The van der Waals surface area contributed by atoms with E-state index in [1.54, 1.807) is 18.5 Å². The van der Waals surface area contributed by atoms with Crippen LogP contribution in [-0.2, 0) is 0 Å². The summed E-state index contributed by atoms with van der Waals surface area (Å²) in [6.45, 7) is 3.64. The number of ketones is 1. The van der Waals surface area contributed by atoms with E-state index in [2.05, 4.69) is 25.8 Å². The number of carbonyl (C=O) groups excluding carboxylic acids is 1. The van der Waals surface area contributed by atoms with E-state index in [-0.39, 0.29) is 17.5 Å². The minimum atomic E-state index is -0.312. The number of hydrogen-bond acceptors (Lipinski definition) is 6. The molecule has 1 aromatic heterocycles. The van der Waals surface area contributed by atoms with Crippen LogP contribution in [0.15, 0.2) is 36.7 Å². The third kappa shape index (κ3) is 4.24. The molecule has 0 aliphatic carbocycles. The number of hydrogen-bond donors (Lipinski definition) is 0. The summed E-state index contributed by atoms with van der Waals surface area (Å²) in [5, 5.41) is 0. The van der Waals surface area contributed by atoms with Gasteiger partial charge in [0.05, 0.1) is 0 Å². The molecule has 2 aliphatic heterocycles. The predicted molar refractivity (Wildman–Crippen MR) is 107 cm³/mol. The maximum absolute atomic E-state index is 13.1. The molecule has 0 atom stereocenters. The number of benzene rings is 1. The molecule has 1 aromatic carbocycles. The quantitative estimate of drug-likeness (QED) is 0.752. The molecule has 5 nitrogen and oxygen atoms in total. The first kappa shape index (κ1) is 18.2. The first-order chi connectivity index (χ1) is 13.2. The van der Waals surface area contributed by atoms with Crippen molar-refractivity contribution in [2.45, 2.75) is 12.8 Å². The van der Waals surface area contributed by atoms with Crippen LogP contribution in [0.25, 0.3) is 0 Å². The summed E-state index contributed by atoms with van der Waals surface area (Å²) >= 11 is 1.98. The van der Waals surface area contributed by atoms with Gasteiger partial charge in [-0.1, -0.05) is 0 Å². The highest BCUT2D eigenvalue weighted by atomic mass is 32.2. The second kappa shape index (κ2) is 8.25. The molecule has 0 amide bonds. The van der Waals surface area contributed by atoms with Crippen molar-refractivity contribution in [3.05, 3.63) is 48.0 Å². The molecule has 0 unspecified atom stereocenters. The molecule has 0 saturated carbocycles. The summed E-state index contributed by atoms with van der Waals surface area (Å²) in [6.07, 6.45) is 3.22. The lowest BCUT2D eigenvalue weighted by Gasteiger charge is -2.33. The van der Waals surface area contributed by atoms with Crippen molar-refractivity contribution in [1.82, 2.24) is 9.97 Å². The van der Waals surface area contributed by atoms with Gasteiger partial charge >= 0.3 is 0 Å². The monoisotopic (exact) mass is 386 g/mol. The third-order valence-electron chi connectivity index (χ3n) is 5.29. The third-order valence-corrected chi connectivity index (χ3v) is 6.23. The molecule has 4 rings (SSSR count). The maximum atomic E-state index is 13.1. The van der Waals surface area contributed by atoms with E-state index in [4.69, 9.17) is 0 Å². The molecule has 0 spiro atoms. The summed E-state index contributed by atoms with van der Waals surface area (Å²) in [4.78, 5) is 26.1. The van der Waals surface area contributed by atoms with E-state index in [0.29, 0.717) is 5.56 Å². The SMILES string of the molecule is O=C(c1ccc(F)cc1)C1CCN(c2cc(N3CCSCC3)ncn2)CC1. The lowest BCUT2D eigenvalue weighted by molar-refractivity contribution is 0.0900. The largest absolute Gasteiger partial charge is 0.356 e. The van der Waals surface area contributed by atoms with Gasteiger partial charge in [-0.3, -0.25) is 4.79 Å². The van der Waals surface area contributed by atoms with Crippen LogP contribution < -0.4 is 9.80 Å². The Morgan fingerprint density at radius 2 is 1.56 bits per heavy atom. The van der Waals surface area contributed by atoms with Crippen molar-refractivity contribution in [3.8, 4) is 0 Å². The molecule has 2 aromatic rings. The van der Waals surface area contributed by atoms with Gasteiger partial charge in [0.25, 0.3) is 0 Å². The predicted octanol–water partition coefficient (Wildman–Crippen LogP) is 3.27. The van der Waals surface area contributed by atoms with Crippen molar-refractivity contribution in [2.75, 3.05) is 47.5 Å². The fraction of sp³-hybridized carbons (Fsp3) is 0.450. The Kier molecular flexibility index (Phi) is 5.57. The minimum Gasteiger partial charge on any atom is -0.356 e. The van der Waals surface area contributed by atoms with Crippen LogP contribution in [-0.4, -0.2) is 53.4 Å². The number of thioether (sulfide) groups is 1. The minimum absolute atomic E-state index is 0.00728. The molecule has 0 radical (unpaired) electrons. The van der Waals surface area contributed by atoms with Crippen LogP contribution in [0, 0.1) is 11.7 Å². The first-order valence-electron chi connectivity index (χ1n) is 9.40.